The Morgan fingerprint density at radius 3 is 2.85 bits per heavy atom. The molecule has 3 aromatic heterocycles. The van der Waals surface area contributed by atoms with Gasteiger partial charge in [0.1, 0.15) is 5.82 Å². The maximum atomic E-state index is 12.3. The Hall–Kier alpha value is -2.42. The van der Waals surface area contributed by atoms with Crippen molar-refractivity contribution in [3.05, 3.63) is 36.1 Å². The van der Waals surface area contributed by atoms with Gasteiger partial charge < -0.3 is 10.2 Å². The molecule has 0 spiro atoms. The number of anilines is 1. The van der Waals surface area contributed by atoms with E-state index < -0.39 is 0 Å². The Morgan fingerprint density at radius 1 is 1.23 bits per heavy atom. The molecule has 134 valence electrons. The van der Waals surface area contributed by atoms with Gasteiger partial charge in [0, 0.05) is 50.0 Å². The first-order valence-electron chi connectivity index (χ1n) is 8.54. The molecule has 4 heterocycles. The lowest BCUT2D eigenvalue weighted by Crippen LogP contribution is -2.47. The summed E-state index contributed by atoms with van der Waals surface area (Å²) in [6.45, 7) is 4.20. The zero-order chi connectivity index (χ0) is 17.9. The van der Waals surface area contributed by atoms with Crippen LogP contribution in [0.15, 0.2) is 36.1 Å². The number of hydrogen-bond acceptors (Lipinski definition) is 7. The lowest BCUT2D eigenvalue weighted by atomic mass is 10.2. The van der Waals surface area contributed by atoms with Crippen LogP contribution in [-0.2, 0) is 4.79 Å². The molecule has 1 fully saturated rings. The second kappa shape index (κ2) is 7.45. The third-order valence-electron chi connectivity index (χ3n) is 4.49. The molecule has 26 heavy (non-hydrogen) atoms. The number of likely N-dealkylation sites (N-methyl/N-ethyl adjacent to an activating group) is 1. The number of carbonyl (C=O) groups excluding carboxylic acids is 1. The minimum absolute atomic E-state index is 0.0417. The molecule has 8 heteroatoms. The van der Waals surface area contributed by atoms with Crippen molar-refractivity contribution >= 4 is 34.0 Å². The summed E-state index contributed by atoms with van der Waals surface area (Å²) >= 11 is 1.55. The van der Waals surface area contributed by atoms with E-state index >= 15 is 0 Å². The molecular weight excluding hydrogens is 348 g/mol. The first-order valence-corrected chi connectivity index (χ1v) is 9.42. The number of nitrogens with one attached hydrogen (secondary N) is 1. The van der Waals surface area contributed by atoms with Gasteiger partial charge in [-0.15, -0.1) is 11.3 Å². The highest BCUT2D eigenvalue weighted by molar-refractivity contribution is 7.13. The largest absolute Gasteiger partial charge is 0.310 e. The van der Waals surface area contributed by atoms with Crippen molar-refractivity contribution in [2.24, 2.45) is 0 Å². The number of pyridine rings is 2. The summed E-state index contributed by atoms with van der Waals surface area (Å²) < 4.78 is 0. The fraction of sp³-hybridized carbons (Fsp3) is 0.333. The van der Waals surface area contributed by atoms with E-state index in [2.05, 4.69) is 37.1 Å². The summed E-state index contributed by atoms with van der Waals surface area (Å²) in [5.74, 6) is 0.491. The minimum Gasteiger partial charge on any atom is -0.310 e. The number of hydrogen-bond donors (Lipinski definition) is 1. The fourth-order valence-corrected chi connectivity index (χ4v) is 3.55. The van der Waals surface area contributed by atoms with Gasteiger partial charge >= 0.3 is 0 Å². The number of thiazole rings is 1. The Labute approximate surface area is 155 Å². The molecule has 4 rings (SSSR count). The van der Waals surface area contributed by atoms with Gasteiger partial charge in [0.15, 0.2) is 0 Å². The monoisotopic (exact) mass is 368 g/mol. The van der Waals surface area contributed by atoms with Gasteiger partial charge in [-0.1, -0.05) is 0 Å². The van der Waals surface area contributed by atoms with Gasteiger partial charge in [0.25, 0.3) is 0 Å². The average molecular weight is 368 g/mol. The van der Waals surface area contributed by atoms with Crippen molar-refractivity contribution < 1.29 is 4.79 Å². The van der Waals surface area contributed by atoms with Gasteiger partial charge in [-0.2, -0.15) is 0 Å². The van der Waals surface area contributed by atoms with Crippen LogP contribution in [-0.4, -0.2) is 70.4 Å². The van der Waals surface area contributed by atoms with Gasteiger partial charge in [0.05, 0.1) is 28.1 Å². The van der Waals surface area contributed by atoms with E-state index in [0.717, 1.165) is 47.7 Å². The number of carbonyl (C=O) groups is 1. The van der Waals surface area contributed by atoms with E-state index in [1.54, 1.807) is 29.2 Å². The van der Waals surface area contributed by atoms with E-state index in [0.29, 0.717) is 12.4 Å². The van der Waals surface area contributed by atoms with Crippen LogP contribution in [0, 0.1) is 0 Å². The molecule has 1 N–H and O–H groups in total. The van der Waals surface area contributed by atoms with Crippen molar-refractivity contribution in [1.29, 1.82) is 0 Å². The molecule has 1 saturated heterocycles. The maximum absolute atomic E-state index is 12.3. The summed E-state index contributed by atoms with van der Waals surface area (Å²) in [5, 5.41) is 3.83. The molecule has 0 aromatic carbocycles. The smallest absolute Gasteiger partial charge is 0.239 e. The molecule has 1 amide bonds. The van der Waals surface area contributed by atoms with Crippen LogP contribution >= 0.6 is 11.3 Å². The molecule has 0 bridgehead atoms. The first kappa shape index (κ1) is 17.0. The maximum Gasteiger partial charge on any atom is 0.239 e. The number of piperazine rings is 1. The van der Waals surface area contributed by atoms with Crippen molar-refractivity contribution in [3.63, 3.8) is 0 Å². The van der Waals surface area contributed by atoms with Crippen molar-refractivity contribution in [2.45, 2.75) is 0 Å². The highest BCUT2D eigenvalue weighted by Crippen LogP contribution is 2.24. The Bertz CT molecular complexity index is 905. The quantitative estimate of drug-likeness (QED) is 0.759. The topological polar surface area (TPSA) is 74.2 Å². The normalized spacial score (nSPS) is 16.0. The van der Waals surface area contributed by atoms with Gasteiger partial charge in [-0.3, -0.25) is 14.7 Å². The lowest BCUT2D eigenvalue weighted by molar-refractivity contribution is -0.117. The molecule has 0 radical (unpaired) electrons. The first-order chi connectivity index (χ1) is 12.7. The third kappa shape index (κ3) is 3.87. The molecule has 0 aliphatic carbocycles. The van der Waals surface area contributed by atoms with E-state index in [1.165, 1.54) is 0 Å². The molecular formula is C18H20N6OS. The Balaban J connectivity index is 1.47. The van der Waals surface area contributed by atoms with Crippen LogP contribution in [0.1, 0.15) is 0 Å². The number of amides is 1. The molecule has 0 atom stereocenters. The van der Waals surface area contributed by atoms with E-state index in [4.69, 9.17) is 0 Å². The second-order valence-corrected chi connectivity index (χ2v) is 7.34. The van der Waals surface area contributed by atoms with Gasteiger partial charge in [0.2, 0.25) is 5.91 Å². The molecule has 0 unspecified atom stereocenters. The van der Waals surface area contributed by atoms with Gasteiger partial charge in [-0.25, -0.2) is 9.97 Å². The molecule has 7 nitrogen and oxygen atoms in total. The molecule has 0 saturated carbocycles. The molecule has 3 aromatic rings. The van der Waals surface area contributed by atoms with Crippen molar-refractivity contribution in [3.8, 4) is 10.6 Å². The van der Waals surface area contributed by atoms with Crippen LogP contribution < -0.4 is 5.32 Å². The van der Waals surface area contributed by atoms with E-state index in [-0.39, 0.29) is 5.91 Å². The molecule has 1 aliphatic heterocycles. The number of nitrogens with zero attached hydrogens (tertiary/aromatic N) is 5. The summed E-state index contributed by atoms with van der Waals surface area (Å²) in [5.41, 5.74) is 3.47. The number of rotatable bonds is 4. The summed E-state index contributed by atoms with van der Waals surface area (Å²) in [7, 11) is 2.10. The number of fused-ring (bicyclic) bond motifs is 1. The minimum atomic E-state index is -0.0417. The van der Waals surface area contributed by atoms with Crippen molar-refractivity contribution in [2.75, 3.05) is 45.1 Å². The third-order valence-corrected chi connectivity index (χ3v) is 5.28. The summed E-state index contributed by atoms with van der Waals surface area (Å²) in [6.07, 6.45) is 3.54. The predicted octanol–water partition coefficient (Wildman–Crippen LogP) is 1.94. The lowest BCUT2D eigenvalue weighted by Gasteiger charge is -2.31. The summed E-state index contributed by atoms with van der Waals surface area (Å²) in [4.78, 5) is 30.9. The summed E-state index contributed by atoms with van der Waals surface area (Å²) in [6, 6.07) is 5.77. The van der Waals surface area contributed by atoms with Crippen LogP contribution in [0.25, 0.3) is 21.5 Å². The Kier molecular flexibility index (Phi) is 4.87. The Morgan fingerprint density at radius 2 is 2.08 bits per heavy atom. The average Bonchev–Trinajstić information content (AvgIpc) is 3.18. The molecule has 1 aliphatic rings. The van der Waals surface area contributed by atoms with Crippen LogP contribution in [0.3, 0.4) is 0 Å². The predicted molar refractivity (Wildman–Crippen MR) is 103 cm³/mol. The van der Waals surface area contributed by atoms with Crippen LogP contribution in [0.4, 0.5) is 5.82 Å². The fourth-order valence-electron chi connectivity index (χ4n) is 2.96. The SMILES string of the molecule is CN1CCN(CC(=O)Nc2cc3nc(-c4cncs4)ccc3cn2)CC1. The van der Waals surface area contributed by atoms with E-state index in [1.807, 2.05) is 18.2 Å². The highest BCUT2D eigenvalue weighted by atomic mass is 32.1. The van der Waals surface area contributed by atoms with Crippen LogP contribution in [0.2, 0.25) is 0 Å². The standard InChI is InChI=1S/C18H20N6OS/c1-23-4-6-24(7-5-23)11-18(25)22-17-8-15-13(9-20-17)2-3-14(21-15)16-10-19-12-26-16/h2-3,8-10,12H,4-7,11H2,1H3,(H,20,22,25). The highest BCUT2D eigenvalue weighted by Gasteiger charge is 2.17. The second-order valence-electron chi connectivity index (χ2n) is 6.45. The zero-order valence-electron chi connectivity index (χ0n) is 14.6. The van der Waals surface area contributed by atoms with E-state index in [9.17, 15) is 4.79 Å². The number of aromatic nitrogens is 3. The zero-order valence-corrected chi connectivity index (χ0v) is 15.4. The van der Waals surface area contributed by atoms with Crippen molar-refractivity contribution in [1.82, 2.24) is 24.8 Å². The van der Waals surface area contributed by atoms with Gasteiger partial charge in [-0.05, 0) is 19.2 Å². The van der Waals surface area contributed by atoms with Crippen LogP contribution in [0.5, 0.6) is 0 Å².